The Kier molecular flexibility index (Phi) is 6.72. The van der Waals surface area contributed by atoms with E-state index in [0.29, 0.717) is 22.7 Å². The summed E-state index contributed by atoms with van der Waals surface area (Å²) in [7, 11) is 0. The highest BCUT2D eigenvalue weighted by molar-refractivity contribution is 6.04. The number of carbonyl (C=O) groups is 3. The van der Waals surface area contributed by atoms with Crippen LogP contribution in [0.3, 0.4) is 0 Å². The highest BCUT2D eigenvalue weighted by Crippen LogP contribution is 2.33. The first-order valence-electron chi connectivity index (χ1n) is 9.99. The van der Waals surface area contributed by atoms with Crippen LogP contribution in [-0.4, -0.2) is 43.4 Å². The van der Waals surface area contributed by atoms with Gasteiger partial charge in [0.05, 0.1) is 5.69 Å². The van der Waals surface area contributed by atoms with Gasteiger partial charge in [0.1, 0.15) is 18.0 Å². The van der Waals surface area contributed by atoms with Crippen molar-refractivity contribution in [2.24, 2.45) is 0 Å². The fourth-order valence-electron chi connectivity index (χ4n) is 3.22. The van der Waals surface area contributed by atoms with Gasteiger partial charge in [0.15, 0.2) is 19.0 Å². The standard InChI is InChI=1S/C23H26N2O5/c1-4-16-7-5-6-8-20(16)29-13-19(26)17-9-10-21-18(11-17)25(23(28)14-30-21)12-22(27)24-15(2)3/h5-11,15H,4,12-14H2,1-3H3,(H,24,27). The number of rotatable bonds is 8. The summed E-state index contributed by atoms with van der Waals surface area (Å²) in [4.78, 5) is 38.6. The number of aryl methyl sites for hydroxylation is 1. The van der Waals surface area contributed by atoms with Crippen LogP contribution in [0, 0.1) is 0 Å². The van der Waals surface area contributed by atoms with Crippen molar-refractivity contribution in [3.05, 3.63) is 53.6 Å². The van der Waals surface area contributed by atoms with Crippen molar-refractivity contribution in [1.29, 1.82) is 0 Å². The lowest BCUT2D eigenvalue weighted by molar-refractivity contribution is -0.125. The number of ether oxygens (including phenoxy) is 2. The van der Waals surface area contributed by atoms with Crippen LogP contribution in [0.25, 0.3) is 0 Å². The number of amides is 2. The first-order chi connectivity index (χ1) is 14.4. The summed E-state index contributed by atoms with van der Waals surface area (Å²) >= 11 is 0. The molecule has 7 heteroatoms. The number of nitrogens with one attached hydrogen (secondary N) is 1. The SMILES string of the molecule is CCc1ccccc1OCC(=O)c1ccc2c(c1)N(CC(=O)NC(C)C)C(=O)CO2. The summed E-state index contributed by atoms with van der Waals surface area (Å²) in [6, 6.07) is 12.4. The molecule has 0 unspecified atom stereocenters. The van der Waals surface area contributed by atoms with Gasteiger partial charge in [-0.15, -0.1) is 0 Å². The summed E-state index contributed by atoms with van der Waals surface area (Å²) in [5.41, 5.74) is 1.82. The third-order valence-corrected chi connectivity index (χ3v) is 4.69. The number of ketones is 1. The van der Waals surface area contributed by atoms with E-state index in [2.05, 4.69) is 5.32 Å². The first-order valence-corrected chi connectivity index (χ1v) is 9.99. The Labute approximate surface area is 176 Å². The minimum absolute atomic E-state index is 0.0378. The van der Waals surface area contributed by atoms with Crippen LogP contribution in [0.5, 0.6) is 11.5 Å². The molecule has 2 aromatic carbocycles. The molecular weight excluding hydrogens is 384 g/mol. The second-order valence-corrected chi connectivity index (χ2v) is 7.35. The summed E-state index contributed by atoms with van der Waals surface area (Å²) in [5.74, 6) is 0.299. The van der Waals surface area contributed by atoms with E-state index in [1.165, 1.54) is 4.90 Å². The zero-order valence-electron chi connectivity index (χ0n) is 17.4. The molecule has 0 spiro atoms. The maximum atomic E-state index is 12.7. The fourth-order valence-corrected chi connectivity index (χ4v) is 3.22. The van der Waals surface area contributed by atoms with Gasteiger partial charge in [-0.2, -0.15) is 0 Å². The number of fused-ring (bicyclic) bond motifs is 1. The molecule has 0 atom stereocenters. The molecule has 158 valence electrons. The molecule has 0 radical (unpaired) electrons. The Morgan fingerprint density at radius 3 is 2.70 bits per heavy atom. The molecule has 1 heterocycles. The van der Waals surface area contributed by atoms with E-state index < -0.39 is 0 Å². The molecule has 0 saturated carbocycles. The molecular formula is C23H26N2O5. The number of hydrogen-bond donors (Lipinski definition) is 1. The number of para-hydroxylation sites is 1. The zero-order chi connectivity index (χ0) is 21.7. The van der Waals surface area contributed by atoms with Gasteiger partial charge in [-0.05, 0) is 50.1 Å². The minimum Gasteiger partial charge on any atom is -0.485 e. The number of Topliss-reactive ketones (excluding diaryl/α,β-unsaturated/α-hetero) is 1. The van der Waals surface area contributed by atoms with Gasteiger partial charge in [-0.25, -0.2) is 0 Å². The molecule has 0 bridgehead atoms. The van der Waals surface area contributed by atoms with Crippen LogP contribution in [-0.2, 0) is 16.0 Å². The van der Waals surface area contributed by atoms with E-state index in [9.17, 15) is 14.4 Å². The monoisotopic (exact) mass is 410 g/mol. The van der Waals surface area contributed by atoms with Crippen LogP contribution < -0.4 is 19.7 Å². The topological polar surface area (TPSA) is 84.9 Å². The average molecular weight is 410 g/mol. The highest BCUT2D eigenvalue weighted by Gasteiger charge is 2.28. The molecule has 30 heavy (non-hydrogen) atoms. The van der Waals surface area contributed by atoms with Crippen LogP contribution >= 0.6 is 0 Å². The lowest BCUT2D eigenvalue weighted by Crippen LogP contribution is -2.46. The van der Waals surface area contributed by atoms with Crippen molar-refractivity contribution in [2.75, 3.05) is 24.7 Å². The second-order valence-electron chi connectivity index (χ2n) is 7.35. The van der Waals surface area contributed by atoms with Gasteiger partial charge in [0, 0.05) is 11.6 Å². The van der Waals surface area contributed by atoms with Gasteiger partial charge in [-0.1, -0.05) is 25.1 Å². The molecule has 3 rings (SSSR count). The lowest BCUT2D eigenvalue weighted by Gasteiger charge is -2.29. The highest BCUT2D eigenvalue weighted by atomic mass is 16.5. The van der Waals surface area contributed by atoms with Crippen LogP contribution in [0.15, 0.2) is 42.5 Å². The Morgan fingerprint density at radius 2 is 1.97 bits per heavy atom. The Morgan fingerprint density at radius 1 is 1.20 bits per heavy atom. The average Bonchev–Trinajstić information content (AvgIpc) is 2.73. The predicted octanol–water partition coefficient (Wildman–Crippen LogP) is 2.76. The van der Waals surface area contributed by atoms with E-state index in [-0.39, 0.29) is 43.4 Å². The van der Waals surface area contributed by atoms with Crippen molar-refractivity contribution in [3.63, 3.8) is 0 Å². The fraction of sp³-hybridized carbons (Fsp3) is 0.348. The smallest absolute Gasteiger partial charge is 0.265 e. The zero-order valence-corrected chi connectivity index (χ0v) is 17.4. The second kappa shape index (κ2) is 9.43. The largest absolute Gasteiger partial charge is 0.485 e. The number of carbonyl (C=O) groups excluding carboxylic acids is 3. The number of hydrogen-bond acceptors (Lipinski definition) is 5. The summed E-state index contributed by atoms with van der Waals surface area (Å²) < 4.78 is 11.2. The van der Waals surface area contributed by atoms with Gasteiger partial charge in [-0.3, -0.25) is 19.3 Å². The molecule has 2 amide bonds. The number of anilines is 1. The van der Waals surface area contributed by atoms with Crippen LogP contribution in [0.2, 0.25) is 0 Å². The number of benzene rings is 2. The first kappa shape index (κ1) is 21.4. The van der Waals surface area contributed by atoms with E-state index in [4.69, 9.17) is 9.47 Å². The normalized spacial score (nSPS) is 12.9. The van der Waals surface area contributed by atoms with E-state index in [1.54, 1.807) is 18.2 Å². The Bertz CT molecular complexity index is 954. The molecule has 1 aliphatic heterocycles. The van der Waals surface area contributed by atoms with Crippen molar-refractivity contribution in [1.82, 2.24) is 5.32 Å². The summed E-state index contributed by atoms with van der Waals surface area (Å²) in [5, 5.41) is 2.77. The van der Waals surface area contributed by atoms with E-state index in [1.807, 2.05) is 45.0 Å². The Hall–Kier alpha value is -3.35. The van der Waals surface area contributed by atoms with Crippen molar-refractivity contribution >= 4 is 23.3 Å². The van der Waals surface area contributed by atoms with Gasteiger partial charge in [0.25, 0.3) is 5.91 Å². The van der Waals surface area contributed by atoms with Crippen molar-refractivity contribution < 1.29 is 23.9 Å². The van der Waals surface area contributed by atoms with Crippen LogP contribution in [0.1, 0.15) is 36.7 Å². The van der Waals surface area contributed by atoms with Crippen molar-refractivity contribution in [2.45, 2.75) is 33.2 Å². The molecule has 7 nitrogen and oxygen atoms in total. The van der Waals surface area contributed by atoms with Gasteiger partial charge in [0.2, 0.25) is 5.91 Å². The lowest BCUT2D eigenvalue weighted by atomic mass is 10.1. The van der Waals surface area contributed by atoms with Gasteiger partial charge >= 0.3 is 0 Å². The minimum atomic E-state index is -0.334. The molecule has 0 aliphatic carbocycles. The van der Waals surface area contributed by atoms with E-state index in [0.717, 1.165) is 12.0 Å². The Balaban J connectivity index is 1.77. The molecule has 0 aromatic heterocycles. The van der Waals surface area contributed by atoms with Gasteiger partial charge < -0.3 is 14.8 Å². The maximum absolute atomic E-state index is 12.7. The maximum Gasteiger partial charge on any atom is 0.265 e. The molecule has 0 saturated heterocycles. The summed E-state index contributed by atoms with van der Waals surface area (Å²) in [6.45, 7) is 5.31. The molecule has 1 N–H and O–H groups in total. The van der Waals surface area contributed by atoms with Crippen LogP contribution in [0.4, 0.5) is 5.69 Å². The summed E-state index contributed by atoms with van der Waals surface area (Å²) in [6.07, 6.45) is 0.802. The third kappa shape index (κ3) is 4.97. The third-order valence-electron chi connectivity index (χ3n) is 4.69. The predicted molar refractivity (Wildman–Crippen MR) is 113 cm³/mol. The quantitative estimate of drug-likeness (QED) is 0.677. The molecule has 2 aromatic rings. The molecule has 1 aliphatic rings. The van der Waals surface area contributed by atoms with Crippen molar-refractivity contribution in [3.8, 4) is 11.5 Å². The number of nitrogens with zero attached hydrogens (tertiary/aromatic N) is 1. The molecule has 0 fully saturated rings. The van der Waals surface area contributed by atoms with E-state index >= 15 is 0 Å².